The third-order valence-corrected chi connectivity index (χ3v) is 5.57. The van der Waals surface area contributed by atoms with Gasteiger partial charge in [0, 0.05) is 37.8 Å². The molecule has 1 aromatic heterocycles. The van der Waals surface area contributed by atoms with E-state index in [-0.39, 0.29) is 5.91 Å². The number of hydrogen-bond donors (Lipinski definition) is 1. The first kappa shape index (κ1) is 16.2. The van der Waals surface area contributed by atoms with Crippen molar-refractivity contribution in [2.75, 3.05) is 31.1 Å². The van der Waals surface area contributed by atoms with Gasteiger partial charge >= 0.3 is 0 Å². The van der Waals surface area contributed by atoms with Crippen molar-refractivity contribution in [2.24, 2.45) is 11.1 Å². The van der Waals surface area contributed by atoms with Crippen molar-refractivity contribution in [3.8, 4) is 0 Å². The van der Waals surface area contributed by atoms with Gasteiger partial charge in [0.1, 0.15) is 0 Å². The van der Waals surface area contributed by atoms with Crippen LogP contribution in [0.3, 0.4) is 0 Å². The number of hydrogen-bond acceptors (Lipinski definition) is 5. The van der Waals surface area contributed by atoms with Crippen molar-refractivity contribution < 1.29 is 4.79 Å². The van der Waals surface area contributed by atoms with Crippen molar-refractivity contribution in [1.29, 1.82) is 0 Å². The lowest BCUT2D eigenvalue weighted by atomic mass is 9.80. The van der Waals surface area contributed by atoms with Crippen molar-refractivity contribution in [2.45, 2.75) is 26.7 Å². The molecule has 0 bridgehead atoms. The second kappa shape index (κ2) is 6.70. The summed E-state index contributed by atoms with van der Waals surface area (Å²) in [5.41, 5.74) is 5.19. The fraction of sp³-hybridized carbons (Fsp3) is 0.643. The number of amides is 1. The van der Waals surface area contributed by atoms with Crippen LogP contribution in [0.25, 0.3) is 0 Å². The molecule has 2 heterocycles. The molecule has 0 unspecified atom stereocenters. The lowest BCUT2D eigenvalue weighted by Crippen LogP contribution is -2.56. The Morgan fingerprint density at radius 1 is 1.38 bits per heavy atom. The molecule has 1 aromatic rings. The maximum absolute atomic E-state index is 12.8. The van der Waals surface area contributed by atoms with Crippen LogP contribution in [0, 0.1) is 5.41 Å². The predicted octanol–water partition coefficient (Wildman–Crippen LogP) is 1.88. The zero-order valence-corrected chi connectivity index (χ0v) is 14.2. The molecule has 0 aliphatic carbocycles. The maximum atomic E-state index is 12.8. The van der Waals surface area contributed by atoms with Crippen LogP contribution in [0.1, 0.15) is 26.7 Å². The van der Waals surface area contributed by atoms with Crippen LogP contribution in [-0.2, 0) is 4.79 Å². The Morgan fingerprint density at radius 3 is 2.43 bits per heavy atom. The van der Waals surface area contributed by atoms with Gasteiger partial charge in [-0.25, -0.2) is 4.98 Å². The summed E-state index contributed by atoms with van der Waals surface area (Å²) in [4.78, 5) is 21.6. The van der Waals surface area contributed by atoms with Gasteiger partial charge in [0.15, 0.2) is 5.13 Å². The van der Waals surface area contributed by atoms with Crippen LogP contribution in [-0.4, -0.2) is 47.0 Å². The molecular weight excluding hydrogens is 304 g/mol. The highest BCUT2D eigenvalue weighted by Gasteiger charge is 2.41. The number of anilines is 1. The number of piperazine rings is 1. The SMILES string of the molecule is CCC(CC)(C(=O)N1CCN(c2nccs2)CC1)C(N)=S. The Hall–Kier alpha value is -1.21. The molecule has 1 aliphatic rings. The van der Waals surface area contributed by atoms with E-state index in [2.05, 4.69) is 9.88 Å². The van der Waals surface area contributed by atoms with E-state index >= 15 is 0 Å². The average molecular weight is 326 g/mol. The monoisotopic (exact) mass is 326 g/mol. The summed E-state index contributed by atoms with van der Waals surface area (Å²) in [6.45, 7) is 6.96. The highest BCUT2D eigenvalue weighted by atomic mass is 32.1. The molecule has 1 amide bonds. The fourth-order valence-corrected chi connectivity index (χ4v) is 3.85. The quantitative estimate of drug-likeness (QED) is 0.837. The molecule has 0 atom stereocenters. The van der Waals surface area contributed by atoms with Crippen LogP contribution < -0.4 is 10.6 Å². The molecular formula is C14H22N4OS2. The van der Waals surface area contributed by atoms with Crippen molar-refractivity contribution in [1.82, 2.24) is 9.88 Å². The van der Waals surface area contributed by atoms with Crippen LogP contribution in [0.2, 0.25) is 0 Å². The Bertz CT molecular complexity index is 491. The van der Waals surface area contributed by atoms with Crippen LogP contribution in [0.5, 0.6) is 0 Å². The van der Waals surface area contributed by atoms with E-state index < -0.39 is 5.41 Å². The standard InChI is InChI=1S/C14H22N4OS2/c1-3-14(4-2,11(15)20)12(19)17-6-8-18(9-7-17)13-16-5-10-21-13/h5,10H,3-4,6-9H2,1-2H3,(H2,15,20). The lowest BCUT2D eigenvalue weighted by Gasteiger charge is -2.40. The zero-order valence-electron chi connectivity index (χ0n) is 12.5. The van der Waals surface area contributed by atoms with E-state index in [0.717, 1.165) is 18.2 Å². The second-order valence-corrected chi connectivity index (χ2v) is 6.56. The van der Waals surface area contributed by atoms with Gasteiger partial charge in [0.25, 0.3) is 0 Å². The van der Waals surface area contributed by atoms with E-state index in [1.54, 1.807) is 11.3 Å². The summed E-state index contributed by atoms with van der Waals surface area (Å²) < 4.78 is 0. The topological polar surface area (TPSA) is 62.5 Å². The molecule has 0 aromatic carbocycles. The zero-order chi connectivity index (χ0) is 15.5. The van der Waals surface area contributed by atoms with Gasteiger partial charge in [0.2, 0.25) is 5.91 Å². The van der Waals surface area contributed by atoms with Gasteiger partial charge in [-0.2, -0.15) is 0 Å². The first-order chi connectivity index (χ1) is 10.0. The van der Waals surface area contributed by atoms with E-state index in [9.17, 15) is 4.79 Å². The van der Waals surface area contributed by atoms with Crippen molar-refractivity contribution >= 4 is 39.6 Å². The molecule has 2 N–H and O–H groups in total. The average Bonchev–Trinajstić information content (AvgIpc) is 3.03. The molecule has 5 nitrogen and oxygen atoms in total. The lowest BCUT2D eigenvalue weighted by molar-refractivity contribution is -0.139. The first-order valence-corrected chi connectivity index (χ1v) is 8.57. The van der Waals surface area contributed by atoms with Crippen molar-refractivity contribution in [3.63, 3.8) is 0 Å². The van der Waals surface area contributed by atoms with E-state index in [1.165, 1.54) is 0 Å². The molecule has 7 heteroatoms. The Morgan fingerprint density at radius 2 is 2.00 bits per heavy atom. The van der Waals surface area contributed by atoms with Gasteiger partial charge in [-0.3, -0.25) is 4.79 Å². The van der Waals surface area contributed by atoms with Crippen LogP contribution in [0.4, 0.5) is 5.13 Å². The molecule has 1 saturated heterocycles. The summed E-state index contributed by atoms with van der Waals surface area (Å²) in [5.74, 6) is 0.0822. The van der Waals surface area contributed by atoms with E-state index in [4.69, 9.17) is 18.0 Å². The van der Waals surface area contributed by atoms with Crippen molar-refractivity contribution in [3.05, 3.63) is 11.6 Å². The minimum Gasteiger partial charge on any atom is -0.392 e. The highest BCUT2D eigenvalue weighted by molar-refractivity contribution is 7.80. The molecule has 0 radical (unpaired) electrons. The Kier molecular flexibility index (Phi) is 5.16. The first-order valence-electron chi connectivity index (χ1n) is 7.29. The summed E-state index contributed by atoms with van der Waals surface area (Å²) >= 11 is 6.80. The number of rotatable bonds is 5. The number of nitrogens with two attached hydrogens (primary N) is 1. The predicted molar refractivity (Wildman–Crippen MR) is 90.7 cm³/mol. The number of carbonyl (C=O) groups excluding carboxylic acids is 1. The van der Waals surface area contributed by atoms with E-state index in [1.807, 2.05) is 30.3 Å². The number of thiocarbonyl (C=S) groups is 1. The van der Waals surface area contributed by atoms with Gasteiger partial charge in [0.05, 0.1) is 10.4 Å². The van der Waals surface area contributed by atoms with Gasteiger partial charge in [-0.15, -0.1) is 11.3 Å². The smallest absolute Gasteiger partial charge is 0.235 e. The number of carbonyl (C=O) groups is 1. The van der Waals surface area contributed by atoms with Gasteiger partial charge in [-0.1, -0.05) is 26.1 Å². The number of nitrogens with zero attached hydrogens (tertiary/aromatic N) is 3. The molecule has 2 rings (SSSR count). The fourth-order valence-electron chi connectivity index (χ4n) is 2.78. The Labute approximate surface area is 135 Å². The number of thiazole rings is 1. The van der Waals surface area contributed by atoms with Crippen LogP contribution in [0.15, 0.2) is 11.6 Å². The highest BCUT2D eigenvalue weighted by Crippen LogP contribution is 2.30. The molecule has 0 saturated carbocycles. The molecule has 21 heavy (non-hydrogen) atoms. The summed E-state index contributed by atoms with van der Waals surface area (Å²) in [5, 5.41) is 2.99. The largest absolute Gasteiger partial charge is 0.392 e. The van der Waals surface area contributed by atoms with Gasteiger partial charge in [-0.05, 0) is 12.8 Å². The summed E-state index contributed by atoms with van der Waals surface area (Å²) in [7, 11) is 0. The molecule has 1 aliphatic heterocycles. The second-order valence-electron chi connectivity index (χ2n) is 5.25. The summed E-state index contributed by atoms with van der Waals surface area (Å²) in [6.07, 6.45) is 3.12. The molecule has 1 fully saturated rings. The van der Waals surface area contributed by atoms with E-state index in [0.29, 0.717) is 30.9 Å². The summed E-state index contributed by atoms with van der Waals surface area (Å²) in [6, 6.07) is 0. The normalized spacial score (nSPS) is 16.1. The minimum atomic E-state index is -0.682. The van der Waals surface area contributed by atoms with Crippen LogP contribution >= 0.6 is 23.6 Å². The maximum Gasteiger partial charge on any atom is 0.235 e. The third kappa shape index (κ3) is 3.03. The van der Waals surface area contributed by atoms with Gasteiger partial charge < -0.3 is 15.5 Å². The minimum absolute atomic E-state index is 0.0822. The number of aromatic nitrogens is 1. The molecule has 0 spiro atoms. The Balaban J connectivity index is 2.04. The third-order valence-electron chi connectivity index (χ3n) is 4.34. The molecule has 116 valence electrons.